The van der Waals surface area contributed by atoms with Crippen molar-refractivity contribution in [3.8, 4) is 16.9 Å². The molecule has 2 rings (SSSR count). The first-order chi connectivity index (χ1) is 11.3. The van der Waals surface area contributed by atoms with Gasteiger partial charge in [-0.2, -0.15) is 0 Å². The van der Waals surface area contributed by atoms with Crippen LogP contribution in [0.1, 0.15) is 11.5 Å². The van der Waals surface area contributed by atoms with Crippen LogP contribution in [0.3, 0.4) is 0 Å². The third-order valence-corrected chi connectivity index (χ3v) is 3.41. The average molecular weight is 329 g/mol. The zero-order valence-corrected chi connectivity index (χ0v) is 12.4. The zero-order chi connectivity index (χ0) is 17.9. The van der Waals surface area contributed by atoms with Crippen molar-refractivity contribution in [1.29, 1.82) is 0 Å². The van der Waals surface area contributed by atoms with Crippen LogP contribution in [0.5, 0.6) is 5.75 Å². The van der Waals surface area contributed by atoms with Gasteiger partial charge >= 0.3 is 0 Å². The maximum atomic E-state index is 11.2. The highest BCUT2D eigenvalue weighted by Crippen LogP contribution is 2.32. The number of hydrogen-bond donors (Lipinski definition) is 0. The number of nitrogens with zero attached hydrogens (tertiary/aromatic N) is 1. The van der Waals surface area contributed by atoms with Crippen LogP contribution in [0.25, 0.3) is 11.1 Å². The van der Waals surface area contributed by atoms with Crippen molar-refractivity contribution in [3.05, 3.63) is 58.1 Å². The molecule has 0 N–H and O–H groups in total. The lowest BCUT2D eigenvalue weighted by atomic mass is 9.94. The molecule has 0 aromatic heterocycles. The van der Waals surface area contributed by atoms with Crippen LogP contribution < -0.4 is 14.9 Å². The van der Waals surface area contributed by atoms with Crippen LogP contribution in [0, 0.1) is 10.1 Å². The number of aliphatic carboxylic acids is 2. The summed E-state index contributed by atoms with van der Waals surface area (Å²) in [6.07, 6.45) is 0. The Balaban J connectivity index is 2.60. The largest absolute Gasteiger partial charge is 0.549 e. The molecule has 0 atom stereocenters. The van der Waals surface area contributed by atoms with Crippen molar-refractivity contribution in [2.45, 2.75) is 5.92 Å². The predicted molar refractivity (Wildman–Crippen MR) is 77.8 cm³/mol. The van der Waals surface area contributed by atoms with Crippen LogP contribution >= 0.6 is 0 Å². The fourth-order valence-electron chi connectivity index (χ4n) is 2.28. The van der Waals surface area contributed by atoms with E-state index in [1.807, 2.05) is 0 Å². The topological polar surface area (TPSA) is 133 Å². The van der Waals surface area contributed by atoms with Gasteiger partial charge in [-0.25, -0.2) is 0 Å². The van der Waals surface area contributed by atoms with Crippen LogP contribution in [0.4, 0.5) is 5.69 Å². The van der Waals surface area contributed by atoms with E-state index in [4.69, 9.17) is 4.74 Å². The maximum Gasteiger partial charge on any atom is 0.274 e. The average Bonchev–Trinajstić information content (AvgIpc) is 2.54. The first-order valence-corrected chi connectivity index (χ1v) is 6.69. The zero-order valence-electron chi connectivity index (χ0n) is 12.4. The Bertz CT molecular complexity index is 802. The lowest BCUT2D eigenvalue weighted by Crippen LogP contribution is -2.41. The fourth-order valence-corrected chi connectivity index (χ4v) is 2.28. The number of nitro groups is 1. The summed E-state index contributed by atoms with van der Waals surface area (Å²) < 4.78 is 5.07. The Morgan fingerprint density at radius 1 is 1.04 bits per heavy atom. The SMILES string of the molecule is COc1cccc(-c2ccc(C(C(=O)[O-])C(=O)[O-])c([N+](=O)[O-])c2)c1. The summed E-state index contributed by atoms with van der Waals surface area (Å²) in [5.74, 6) is -5.66. The van der Waals surface area contributed by atoms with Crippen LogP contribution in [-0.4, -0.2) is 24.0 Å². The number of carbonyl (C=O) groups excluding carboxylic acids is 2. The van der Waals surface area contributed by atoms with Gasteiger partial charge < -0.3 is 24.5 Å². The Morgan fingerprint density at radius 3 is 2.21 bits per heavy atom. The highest BCUT2D eigenvalue weighted by atomic mass is 16.6. The number of ether oxygens (including phenoxy) is 1. The van der Waals surface area contributed by atoms with Gasteiger partial charge in [-0.1, -0.05) is 24.3 Å². The Kier molecular flexibility index (Phi) is 4.78. The van der Waals surface area contributed by atoms with Gasteiger partial charge in [0, 0.05) is 11.6 Å². The Morgan fingerprint density at radius 2 is 1.67 bits per heavy atom. The minimum Gasteiger partial charge on any atom is -0.549 e. The number of carboxylic acids is 2. The van der Waals surface area contributed by atoms with E-state index in [0.717, 1.165) is 12.1 Å². The first-order valence-electron chi connectivity index (χ1n) is 6.69. The number of rotatable bonds is 6. The summed E-state index contributed by atoms with van der Waals surface area (Å²) in [6, 6.07) is 10.2. The van der Waals surface area contributed by atoms with E-state index in [-0.39, 0.29) is 0 Å². The summed E-state index contributed by atoms with van der Waals surface area (Å²) >= 11 is 0. The molecule has 0 bridgehead atoms. The van der Waals surface area contributed by atoms with E-state index in [1.54, 1.807) is 24.3 Å². The molecular weight excluding hydrogens is 318 g/mol. The third-order valence-electron chi connectivity index (χ3n) is 3.41. The highest BCUT2D eigenvalue weighted by molar-refractivity contribution is 5.98. The molecule has 0 aliphatic rings. The maximum absolute atomic E-state index is 11.2. The van der Waals surface area contributed by atoms with Crippen LogP contribution in [0.2, 0.25) is 0 Å². The molecule has 0 saturated carbocycles. The molecule has 2 aromatic carbocycles. The predicted octanol–water partition coefficient (Wildman–Crippen LogP) is -0.146. The standard InChI is InChI=1S/C16H13NO7/c1-24-11-4-2-3-9(7-11)10-5-6-12(13(8-10)17(22)23)14(15(18)19)16(20)21/h2-8,14H,1H3,(H,18,19)(H,20,21)/p-2. The van der Waals surface area contributed by atoms with Gasteiger partial charge in [0.05, 0.1) is 29.9 Å². The second-order valence-electron chi connectivity index (χ2n) is 4.83. The molecule has 0 aliphatic heterocycles. The number of methoxy groups -OCH3 is 1. The normalized spacial score (nSPS) is 10.4. The summed E-state index contributed by atoms with van der Waals surface area (Å²) in [5, 5.41) is 33.2. The van der Waals surface area contributed by atoms with Crippen molar-refractivity contribution in [2.75, 3.05) is 7.11 Å². The number of carboxylic acid groups (broad SMARTS) is 2. The Labute approximate surface area is 136 Å². The molecule has 0 aliphatic carbocycles. The molecule has 0 fully saturated rings. The second kappa shape index (κ2) is 6.78. The molecule has 0 saturated heterocycles. The van der Waals surface area contributed by atoms with Gasteiger partial charge in [0.2, 0.25) is 0 Å². The smallest absolute Gasteiger partial charge is 0.274 e. The molecule has 8 heteroatoms. The summed E-state index contributed by atoms with van der Waals surface area (Å²) in [7, 11) is 1.47. The molecule has 0 spiro atoms. The number of nitro benzene ring substituents is 1. The third kappa shape index (κ3) is 3.32. The van der Waals surface area contributed by atoms with Crippen molar-refractivity contribution >= 4 is 17.6 Å². The first kappa shape index (κ1) is 16.9. The minimum absolute atomic E-state index is 0.403. The van der Waals surface area contributed by atoms with Gasteiger partial charge in [-0.15, -0.1) is 0 Å². The summed E-state index contributed by atoms with van der Waals surface area (Å²) in [6.45, 7) is 0. The number of hydrogen-bond acceptors (Lipinski definition) is 7. The van der Waals surface area contributed by atoms with E-state index in [1.165, 1.54) is 13.2 Å². The number of benzene rings is 2. The van der Waals surface area contributed by atoms with E-state index >= 15 is 0 Å². The van der Waals surface area contributed by atoms with Gasteiger partial charge in [0.1, 0.15) is 5.75 Å². The van der Waals surface area contributed by atoms with Gasteiger partial charge in [-0.05, 0) is 23.3 Å². The molecule has 2 aromatic rings. The molecule has 0 heterocycles. The lowest BCUT2D eigenvalue weighted by Gasteiger charge is -2.19. The number of carbonyl (C=O) groups is 2. The lowest BCUT2D eigenvalue weighted by molar-refractivity contribution is -0.386. The van der Waals surface area contributed by atoms with E-state index < -0.39 is 34.0 Å². The van der Waals surface area contributed by atoms with E-state index in [2.05, 4.69) is 0 Å². The van der Waals surface area contributed by atoms with Gasteiger partial charge in [-0.3, -0.25) is 10.1 Å². The van der Waals surface area contributed by atoms with Crippen molar-refractivity contribution in [1.82, 2.24) is 0 Å². The summed E-state index contributed by atoms with van der Waals surface area (Å²) in [4.78, 5) is 32.4. The summed E-state index contributed by atoms with van der Waals surface area (Å²) in [5.41, 5.74) is -0.164. The monoisotopic (exact) mass is 329 g/mol. The quantitative estimate of drug-likeness (QED) is 0.409. The molecule has 124 valence electrons. The highest BCUT2D eigenvalue weighted by Gasteiger charge is 2.25. The van der Waals surface area contributed by atoms with Crippen LogP contribution in [-0.2, 0) is 9.59 Å². The minimum atomic E-state index is -2.23. The molecule has 0 radical (unpaired) electrons. The van der Waals surface area contributed by atoms with Crippen LogP contribution in [0.15, 0.2) is 42.5 Å². The molecule has 0 amide bonds. The van der Waals surface area contributed by atoms with E-state index in [0.29, 0.717) is 16.9 Å². The van der Waals surface area contributed by atoms with Crippen molar-refractivity contribution < 1.29 is 29.5 Å². The van der Waals surface area contributed by atoms with Gasteiger partial charge in [0.15, 0.2) is 0 Å². The molecule has 24 heavy (non-hydrogen) atoms. The second-order valence-corrected chi connectivity index (χ2v) is 4.83. The molecular formula is C16H11NO7-2. The van der Waals surface area contributed by atoms with E-state index in [9.17, 15) is 29.9 Å². The van der Waals surface area contributed by atoms with Gasteiger partial charge in [0.25, 0.3) is 5.69 Å². The Hall–Kier alpha value is -3.42. The molecule has 8 nitrogen and oxygen atoms in total. The molecule has 0 unspecified atom stereocenters. The fraction of sp³-hybridized carbons (Fsp3) is 0.125. The van der Waals surface area contributed by atoms with Crippen molar-refractivity contribution in [3.63, 3.8) is 0 Å². The van der Waals surface area contributed by atoms with Crippen molar-refractivity contribution in [2.24, 2.45) is 0 Å².